The molecule has 1 aliphatic heterocycles. The quantitative estimate of drug-likeness (QED) is 0.667. The van der Waals surface area contributed by atoms with Crippen molar-refractivity contribution in [1.29, 1.82) is 0 Å². The molecule has 0 saturated carbocycles. The van der Waals surface area contributed by atoms with Crippen LogP contribution in [0.15, 0.2) is 55.0 Å². The van der Waals surface area contributed by atoms with Gasteiger partial charge in [0, 0.05) is 69.8 Å². The fraction of sp³-hybridized carbons (Fsp3) is 0.364. The summed E-state index contributed by atoms with van der Waals surface area (Å²) in [6.45, 7) is 5.34. The van der Waals surface area contributed by atoms with Crippen LogP contribution in [0.4, 0.5) is 11.5 Å². The molecule has 7 heteroatoms. The molecule has 1 fully saturated rings. The van der Waals surface area contributed by atoms with Gasteiger partial charge in [0.25, 0.3) is 0 Å². The molecule has 0 bridgehead atoms. The maximum atomic E-state index is 5.53. The topological polar surface area (TPSA) is 58.5 Å². The van der Waals surface area contributed by atoms with Gasteiger partial charge in [-0.15, -0.1) is 0 Å². The lowest BCUT2D eigenvalue weighted by Gasteiger charge is -2.37. The highest BCUT2D eigenvalue weighted by Gasteiger charge is 2.21. The van der Waals surface area contributed by atoms with E-state index < -0.39 is 0 Å². The second-order valence-electron chi connectivity index (χ2n) is 7.26. The summed E-state index contributed by atoms with van der Waals surface area (Å²) in [5.41, 5.74) is 3.57. The van der Waals surface area contributed by atoms with Crippen molar-refractivity contribution >= 4 is 11.5 Å². The van der Waals surface area contributed by atoms with Crippen molar-refractivity contribution < 1.29 is 4.74 Å². The van der Waals surface area contributed by atoms with E-state index in [-0.39, 0.29) is 0 Å². The van der Waals surface area contributed by atoms with Crippen molar-refractivity contribution in [2.24, 2.45) is 7.05 Å². The maximum absolute atomic E-state index is 5.53. The molecule has 1 N–H and O–H groups in total. The zero-order valence-corrected chi connectivity index (χ0v) is 17.1. The van der Waals surface area contributed by atoms with Crippen LogP contribution >= 0.6 is 0 Å². The first-order valence-electron chi connectivity index (χ1n) is 9.99. The molecular formula is C22H28N6O. The zero-order valence-electron chi connectivity index (χ0n) is 17.1. The molecule has 0 amide bonds. The Balaban J connectivity index is 1.38. The van der Waals surface area contributed by atoms with Crippen LogP contribution in [0.2, 0.25) is 0 Å². The maximum Gasteiger partial charge on any atom is 0.142 e. The third-order valence-electron chi connectivity index (χ3n) is 5.28. The first-order valence-corrected chi connectivity index (χ1v) is 9.99. The van der Waals surface area contributed by atoms with E-state index in [0.717, 1.165) is 56.5 Å². The van der Waals surface area contributed by atoms with Gasteiger partial charge in [0.2, 0.25) is 0 Å². The molecule has 0 aliphatic carbocycles. The van der Waals surface area contributed by atoms with E-state index in [4.69, 9.17) is 4.74 Å². The zero-order chi connectivity index (χ0) is 20.1. The van der Waals surface area contributed by atoms with Gasteiger partial charge in [0.1, 0.15) is 11.6 Å². The number of hydrogen-bond acceptors (Lipinski definition) is 6. The average molecular weight is 393 g/mol. The third kappa shape index (κ3) is 4.51. The summed E-state index contributed by atoms with van der Waals surface area (Å²) < 4.78 is 7.36. The number of pyridine rings is 1. The standard InChI is InChI=1S/C22H28N6O/c1-26-17-18(15-25-26)14-23-16-19-6-5-9-24-22(19)28-12-10-27(11-13-28)20-7-3-4-8-21(20)29-2/h3-9,15,17,23H,10-14,16H2,1-2H3. The lowest BCUT2D eigenvalue weighted by molar-refractivity contribution is 0.413. The molecule has 2 aromatic heterocycles. The minimum atomic E-state index is 0.783. The van der Waals surface area contributed by atoms with Crippen LogP contribution in [0.3, 0.4) is 0 Å². The minimum absolute atomic E-state index is 0.783. The molecule has 152 valence electrons. The number of benzene rings is 1. The van der Waals surface area contributed by atoms with Crippen LogP contribution in [0.25, 0.3) is 0 Å². The molecule has 1 aliphatic rings. The van der Waals surface area contributed by atoms with E-state index in [0.29, 0.717) is 0 Å². The number of methoxy groups -OCH3 is 1. The molecule has 0 atom stereocenters. The lowest BCUT2D eigenvalue weighted by Crippen LogP contribution is -2.47. The molecule has 1 aromatic carbocycles. The molecule has 1 saturated heterocycles. The van der Waals surface area contributed by atoms with Crippen molar-refractivity contribution in [1.82, 2.24) is 20.1 Å². The molecule has 4 rings (SSSR count). The van der Waals surface area contributed by atoms with Gasteiger partial charge in [-0.3, -0.25) is 4.68 Å². The minimum Gasteiger partial charge on any atom is -0.495 e. The van der Waals surface area contributed by atoms with Crippen molar-refractivity contribution in [3.05, 3.63) is 66.1 Å². The Morgan fingerprint density at radius 1 is 1.00 bits per heavy atom. The molecule has 0 radical (unpaired) electrons. The van der Waals surface area contributed by atoms with Crippen molar-refractivity contribution in [2.45, 2.75) is 13.1 Å². The molecule has 3 aromatic rings. The number of aryl methyl sites for hydroxylation is 1. The van der Waals surface area contributed by atoms with E-state index in [9.17, 15) is 0 Å². The fourth-order valence-electron chi connectivity index (χ4n) is 3.81. The number of ether oxygens (including phenoxy) is 1. The Morgan fingerprint density at radius 2 is 1.79 bits per heavy atom. The fourth-order valence-corrected chi connectivity index (χ4v) is 3.81. The largest absolute Gasteiger partial charge is 0.495 e. The van der Waals surface area contributed by atoms with E-state index in [1.807, 2.05) is 48.5 Å². The number of piperazine rings is 1. The van der Waals surface area contributed by atoms with Crippen molar-refractivity contribution in [3.8, 4) is 5.75 Å². The van der Waals surface area contributed by atoms with Crippen LogP contribution in [0.5, 0.6) is 5.75 Å². The predicted octanol–water partition coefficient (Wildman–Crippen LogP) is 2.44. The number of anilines is 2. The Bertz CT molecular complexity index is 932. The lowest BCUT2D eigenvalue weighted by atomic mass is 10.2. The highest BCUT2D eigenvalue weighted by Crippen LogP contribution is 2.29. The summed E-state index contributed by atoms with van der Waals surface area (Å²) in [6.07, 6.45) is 5.81. The Kier molecular flexibility index (Phi) is 5.95. The van der Waals surface area contributed by atoms with Crippen molar-refractivity contribution in [3.63, 3.8) is 0 Å². The number of nitrogens with zero attached hydrogens (tertiary/aromatic N) is 5. The van der Waals surface area contributed by atoms with E-state index in [1.54, 1.807) is 7.11 Å². The average Bonchev–Trinajstić information content (AvgIpc) is 3.19. The first-order chi connectivity index (χ1) is 14.2. The van der Waals surface area contributed by atoms with E-state index in [2.05, 4.69) is 43.4 Å². The van der Waals surface area contributed by atoms with E-state index in [1.165, 1.54) is 11.1 Å². The first kappa shape index (κ1) is 19.3. The summed E-state index contributed by atoms with van der Waals surface area (Å²) in [6, 6.07) is 12.4. The summed E-state index contributed by atoms with van der Waals surface area (Å²) in [5.74, 6) is 2.00. The van der Waals surface area contributed by atoms with Gasteiger partial charge in [0.15, 0.2) is 0 Å². The van der Waals surface area contributed by atoms with Gasteiger partial charge < -0.3 is 19.9 Å². The molecule has 0 unspecified atom stereocenters. The summed E-state index contributed by atoms with van der Waals surface area (Å²) in [5, 5.41) is 7.73. The predicted molar refractivity (Wildman–Crippen MR) is 115 cm³/mol. The Morgan fingerprint density at radius 3 is 2.55 bits per heavy atom. The summed E-state index contributed by atoms with van der Waals surface area (Å²) in [4.78, 5) is 9.46. The van der Waals surface area contributed by atoms with Gasteiger partial charge in [-0.25, -0.2) is 4.98 Å². The van der Waals surface area contributed by atoms with Gasteiger partial charge in [-0.1, -0.05) is 18.2 Å². The second-order valence-corrected chi connectivity index (χ2v) is 7.26. The molecule has 7 nitrogen and oxygen atoms in total. The third-order valence-corrected chi connectivity index (χ3v) is 5.28. The van der Waals surface area contributed by atoms with Gasteiger partial charge >= 0.3 is 0 Å². The monoisotopic (exact) mass is 392 g/mol. The van der Waals surface area contributed by atoms with Crippen LogP contribution in [-0.2, 0) is 20.1 Å². The Hall–Kier alpha value is -3.06. The molecule has 3 heterocycles. The van der Waals surface area contributed by atoms with Crippen LogP contribution in [0, 0.1) is 0 Å². The molecular weight excluding hydrogens is 364 g/mol. The Labute approximate surface area is 171 Å². The number of para-hydroxylation sites is 2. The van der Waals surface area contributed by atoms with Crippen LogP contribution < -0.4 is 19.9 Å². The summed E-state index contributed by atoms with van der Waals surface area (Å²) in [7, 11) is 3.67. The summed E-state index contributed by atoms with van der Waals surface area (Å²) >= 11 is 0. The number of rotatable bonds is 7. The van der Waals surface area contributed by atoms with Gasteiger partial charge in [-0.05, 0) is 18.2 Å². The van der Waals surface area contributed by atoms with Crippen LogP contribution in [-0.4, -0.2) is 48.1 Å². The van der Waals surface area contributed by atoms with Gasteiger partial charge in [0.05, 0.1) is 19.0 Å². The highest BCUT2D eigenvalue weighted by atomic mass is 16.5. The van der Waals surface area contributed by atoms with Gasteiger partial charge in [-0.2, -0.15) is 5.10 Å². The highest BCUT2D eigenvalue weighted by molar-refractivity contribution is 5.60. The SMILES string of the molecule is COc1ccccc1N1CCN(c2ncccc2CNCc2cnn(C)c2)CC1. The van der Waals surface area contributed by atoms with E-state index >= 15 is 0 Å². The second kappa shape index (κ2) is 8.96. The number of aromatic nitrogens is 3. The molecule has 0 spiro atoms. The normalized spacial score (nSPS) is 14.3. The van der Waals surface area contributed by atoms with Crippen LogP contribution in [0.1, 0.15) is 11.1 Å². The number of nitrogens with one attached hydrogen (secondary N) is 1. The number of hydrogen-bond donors (Lipinski definition) is 1. The smallest absolute Gasteiger partial charge is 0.142 e. The molecule has 29 heavy (non-hydrogen) atoms. The van der Waals surface area contributed by atoms with Crippen molar-refractivity contribution in [2.75, 3.05) is 43.1 Å².